The highest BCUT2D eigenvalue weighted by atomic mass is 35.5. The second-order valence-corrected chi connectivity index (χ2v) is 6.96. The number of hydrogen-bond acceptors (Lipinski definition) is 3. The van der Waals surface area contributed by atoms with Crippen LogP contribution in [0.4, 0.5) is 8.78 Å². The van der Waals surface area contributed by atoms with Crippen LogP contribution in [0.3, 0.4) is 0 Å². The Morgan fingerprint density at radius 2 is 1.71 bits per heavy atom. The van der Waals surface area contributed by atoms with Crippen LogP contribution in [0.5, 0.6) is 0 Å². The zero-order chi connectivity index (χ0) is 18.9. The summed E-state index contributed by atoms with van der Waals surface area (Å²) < 4.78 is 27.3. The molecular formula is C20H33Cl2F2N3O. The molecule has 1 unspecified atom stereocenters. The van der Waals surface area contributed by atoms with Gasteiger partial charge in [0.2, 0.25) is 5.91 Å². The number of carbonyl (C=O) groups excluding carboxylic acids is 1. The fourth-order valence-corrected chi connectivity index (χ4v) is 3.66. The number of nitrogens with zero attached hydrogens (tertiary/aromatic N) is 2. The number of halogens is 4. The van der Waals surface area contributed by atoms with Gasteiger partial charge in [0, 0.05) is 50.3 Å². The largest absolute Gasteiger partial charge is 0.340 e. The van der Waals surface area contributed by atoms with Gasteiger partial charge in [-0.25, -0.2) is 8.78 Å². The minimum Gasteiger partial charge on any atom is -0.340 e. The van der Waals surface area contributed by atoms with Gasteiger partial charge in [0.05, 0.1) is 0 Å². The molecule has 1 aromatic rings. The van der Waals surface area contributed by atoms with E-state index in [0.29, 0.717) is 44.7 Å². The summed E-state index contributed by atoms with van der Waals surface area (Å²) in [6.45, 7) is 5.49. The van der Waals surface area contributed by atoms with Crippen LogP contribution in [-0.4, -0.2) is 48.4 Å². The van der Waals surface area contributed by atoms with Gasteiger partial charge in [-0.3, -0.25) is 9.69 Å². The zero-order valence-electron chi connectivity index (χ0n) is 16.5. The Morgan fingerprint density at radius 1 is 1.07 bits per heavy atom. The lowest BCUT2D eigenvalue weighted by molar-refractivity contribution is -0.133. The molecule has 0 aliphatic carbocycles. The summed E-state index contributed by atoms with van der Waals surface area (Å²) in [5, 5.41) is 0. The first kappa shape index (κ1) is 27.0. The van der Waals surface area contributed by atoms with Crippen molar-refractivity contribution in [1.82, 2.24) is 9.80 Å². The van der Waals surface area contributed by atoms with Crippen molar-refractivity contribution in [1.29, 1.82) is 0 Å². The molecule has 162 valence electrons. The molecule has 1 fully saturated rings. The molecule has 4 nitrogen and oxygen atoms in total. The smallest absolute Gasteiger partial charge is 0.222 e. The van der Waals surface area contributed by atoms with Gasteiger partial charge < -0.3 is 10.6 Å². The third kappa shape index (κ3) is 7.82. The number of unbranched alkanes of at least 4 members (excludes halogenated alkanes) is 3. The Morgan fingerprint density at radius 3 is 2.29 bits per heavy atom. The summed E-state index contributed by atoms with van der Waals surface area (Å²) in [5.41, 5.74) is 6.01. The average molecular weight is 440 g/mol. The summed E-state index contributed by atoms with van der Waals surface area (Å²) in [7, 11) is 0. The Bertz CT molecular complexity index is 585. The fraction of sp³-hybridized carbons (Fsp3) is 0.650. The van der Waals surface area contributed by atoms with Gasteiger partial charge in [0.1, 0.15) is 11.6 Å². The van der Waals surface area contributed by atoms with Crippen molar-refractivity contribution >= 4 is 30.7 Å². The van der Waals surface area contributed by atoms with E-state index in [1.165, 1.54) is 12.1 Å². The first-order chi connectivity index (χ1) is 12.6. The second kappa shape index (κ2) is 14.1. The number of nitrogens with two attached hydrogens (primary N) is 1. The number of hydrogen-bond donors (Lipinski definition) is 1. The van der Waals surface area contributed by atoms with E-state index in [1.54, 1.807) is 0 Å². The minimum absolute atomic E-state index is 0. The third-order valence-electron chi connectivity index (χ3n) is 5.16. The maximum absolute atomic E-state index is 14.1. The van der Waals surface area contributed by atoms with Gasteiger partial charge in [-0.1, -0.05) is 25.8 Å². The first-order valence-corrected chi connectivity index (χ1v) is 9.73. The number of piperazine rings is 1. The molecule has 0 bridgehead atoms. The van der Waals surface area contributed by atoms with Gasteiger partial charge in [-0.05, 0) is 31.9 Å². The molecule has 1 aliphatic rings. The number of rotatable bonds is 9. The molecule has 2 rings (SSSR count). The SMILES string of the molecule is CCC(c1ccc(F)cc1F)N1CCN(C(=O)CCCCCCN)CC1.Cl.Cl. The molecule has 8 heteroatoms. The van der Waals surface area contributed by atoms with E-state index < -0.39 is 11.6 Å². The number of benzene rings is 1. The molecule has 0 spiro atoms. The molecule has 0 saturated carbocycles. The molecule has 1 atom stereocenters. The maximum atomic E-state index is 14.1. The summed E-state index contributed by atoms with van der Waals surface area (Å²) >= 11 is 0. The van der Waals surface area contributed by atoms with Crippen molar-refractivity contribution < 1.29 is 13.6 Å². The van der Waals surface area contributed by atoms with Crippen molar-refractivity contribution in [2.45, 2.75) is 51.5 Å². The van der Waals surface area contributed by atoms with Crippen LogP contribution in [0.15, 0.2) is 18.2 Å². The topological polar surface area (TPSA) is 49.6 Å². The van der Waals surface area contributed by atoms with Gasteiger partial charge in [-0.2, -0.15) is 0 Å². The normalized spacial score (nSPS) is 15.5. The molecular weight excluding hydrogens is 407 g/mol. The molecule has 1 heterocycles. The van der Waals surface area contributed by atoms with Crippen LogP contribution >= 0.6 is 24.8 Å². The predicted molar refractivity (Wildman–Crippen MR) is 114 cm³/mol. The third-order valence-corrected chi connectivity index (χ3v) is 5.16. The van der Waals surface area contributed by atoms with E-state index in [1.807, 2.05) is 11.8 Å². The van der Waals surface area contributed by atoms with Gasteiger partial charge in [0.15, 0.2) is 0 Å². The Balaban J connectivity index is 0.00000364. The Kier molecular flexibility index (Phi) is 13.6. The van der Waals surface area contributed by atoms with E-state index in [2.05, 4.69) is 4.90 Å². The fourth-order valence-electron chi connectivity index (χ4n) is 3.66. The van der Waals surface area contributed by atoms with E-state index in [0.717, 1.165) is 38.2 Å². The molecule has 28 heavy (non-hydrogen) atoms. The quantitative estimate of drug-likeness (QED) is 0.583. The van der Waals surface area contributed by atoms with Crippen LogP contribution in [0, 0.1) is 11.6 Å². The van der Waals surface area contributed by atoms with Crippen molar-refractivity contribution in [2.75, 3.05) is 32.7 Å². The average Bonchev–Trinajstić information content (AvgIpc) is 2.64. The molecule has 1 aliphatic heterocycles. The van der Waals surface area contributed by atoms with E-state index in [-0.39, 0.29) is 36.8 Å². The van der Waals surface area contributed by atoms with Crippen LogP contribution < -0.4 is 5.73 Å². The first-order valence-electron chi connectivity index (χ1n) is 9.73. The second-order valence-electron chi connectivity index (χ2n) is 6.96. The van der Waals surface area contributed by atoms with Crippen molar-refractivity contribution in [3.63, 3.8) is 0 Å². The molecule has 0 aromatic heterocycles. The molecule has 1 saturated heterocycles. The summed E-state index contributed by atoms with van der Waals surface area (Å²) in [6, 6.07) is 3.72. The molecule has 1 amide bonds. The molecule has 1 aromatic carbocycles. The zero-order valence-corrected chi connectivity index (χ0v) is 18.2. The van der Waals surface area contributed by atoms with Crippen molar-refractivity contribution in [3.8, 4) is 0 Å². The Labute approximate surface area is 179 Å². The summed E-state index contributed by atoms with van der Waals surface area (Å²) in [5.74, 6) is -0.839. The minimum atomic E-state index is -0.553. The summed E-state index contributed by atoms with van der Waals surface area (Å²) in [4.78, 5) is 16.4. The predicted octanol–water partition coefficient (Wildman–Crippen LogP) is 4.31. The van der Waals surface area contributed by atoms with Crippen LogP contribution in [0.1, 0.15) is 57.1 Å². The highest BCUT2D eigenvalue weighted by Gasteiger charge is 2.27. The van der Waals surface area contributed by atoms with Gasteiger partial charge in [-0.15, -0.1) is 24.8 Å². The van der Waals surface area contributed by atoms with Gasteiger partial charge >= 0.3 is 0 Å². The Hall–Kier alpha value is -0.950. The van der Waals surface area contributed by atoms with Gasteiger partial charge in [0.25, 0.3) is 0 Å². The summed E-state index contributed by atoms with van der Waals surface area (Å²) in [6.07, 6.45) is 5.40. The van der Waals surface area contributed by atoms with E-state index in [4.69, 9.17) is 5.73 Å². The lowest BCUT2D eigenvalue weighted by Gasteiger charge is -2.39. The standard InChI is InChI=1S/C20H31F2N3O.2ClH/c1-2-19(17-9-8-16(21)15-18(17)22)24-11-13-25(14-12-24)20(26)7-5-3-4-6-10-23;;/h8-9,15,19H,2-7,10-14,23H2,1H3;2*1H. The van der Waals surface area contributed by atoms with Crippen LogP contribution in [0.25, 0.3) is 0 Å². The highest BCUT2D eigenvalue weighted by Crippen LogP contribution is 2.28. The van der Waals surface area contributed by atoms with E-state index in [9.17, 15) is 13.6 Å². The monoisotopic (exact) mass is 439 g/mol. The molecule has 2 N–H and O–H groups in total. The highest BCUT2D eigenvalue weighted by molar-refractivity contribution is 5.85. The van der Waals surface area contributed by atoms with E-state index >= 15 is 0 Å². The molecule has 0 radical (unpaired) electrons. The van der Waals surface area contributed by atoms with Crippen LogP contribution in [0.2, 0.25) is 0 Å². The van der Waals surface area contributed by atoms with Crippen molar-refractivity contribution in [3.05, 3.63) is 35.4 Å². The number of carbonyl (C=O) groups is 1. The maximum Gasteiger partial charge on any atom is 0.222 e. The van der Waals surface area contributed by atoms with Crippen molar-refractivity contribution in [2.24, 2.45) is 5.73 Å². The lowest BCUT2D eigenvalue weighted by atomic mass is 10.0. The van der Waals surface area contributed by atoms with Crippen LogP contribution in [-0.2, 0) is 4.79 Å². The lowest BCUT2D eigenvalue weighted by Crippen LogP contribution is -2.49. The number of amides is 1.